The molecule has 0 bridgehead atoms. The lowest BCUT2D eigenvalue weighted by Crippen LogP contribution is -2.43. The van der Waals surface area contributed by atoms with Gasteiger partial charge in [-0.25, -0.2) is 8.42 Å². The summed E-state index contributed by atoms with van der Waals surface area (Å²) in [5.74, 6) is -0.795. The Morgan fingerprint density at radius 3 is 2.38 bits per heavy atom. The minimum atomic E-state index is -3.07. The van der Waals surface area contributed by atoms with E-state index in [2.05, 4.69) is 5.32 Å². The zero-order chi connectivity index (χ0) is 12.2. The molecule has 0 saturated carbocycles. The van der Waals surface area contributed by atoms with Gasteiger partial charge in [-0.2, -0.15) is 0 Å². The number of piperidine rings is 1. The number of rotatable bonds is 5. The maximum Gasteiger partial charge on any atom is 0.309 e. The molecular weight excluding hydrogens is 230 g/mol. The standard InChI is InChI=1S/C10H19NO4S/c1-2-16(14,15)8-5-10(9(12)13)3-6-11-7-4-10/h11H,2-8H2,1H3,(H,12,13). The molecule has 1 saturated heterocycles. The van der Waals surface area contributed by atoms with Gasteiger partial charge in [-0.3, -0.25) is 4.79 Å². The Kier molecular flexibility index (Phi) is 4.32. The zero-order valence-electron chi connectivity index (χ0n) is 9.53. The van der Waals surface area contributed by atoms with E-state index in [4.69, 9.17) is 0 Å². The molecule has 1 heterocycles. The highest BCUT2D eigenvalue weighted by Gasteiger charge is 2.40. The van der Waals surface area contributed by atoms with Gasteiger partial charge in [0.25, 0.3) is 0 Å². The molecule has 0 aliphatic carbocycles. The second kappa shape index (κ2) is 5.14. The van der Waals surface area contributed by atoms with E-state index in [1.165, 1.54) is 0 Å². The summed E-state index contributed by atoms with van der Waals surface area (Å²) in [6.07, 6.45) is 1.27. The number of hydrogen-bond acceptors (Lipinski definition) is 4. The lowest BCUT2D eigenvalue weighted by Gasteiger charge is -2.33. The summed E-state index contributed by atoms with van der Waals surface area (Å²) in [6, 6.07) is 0. The molecule has 0 amide bonds. The second-order valence-corrected chi connectivity index (χ2v) is 6.79. The summed E-state index contributed by atoms with van der Waals surface area (Å²) >= 11 is 0. The average molecular weight is 249 g/mol. The number of carboxylic acid groups (broad SMARTS) is 1. The summed E-state index contributed by atoms with van der Waals surface area (Å²) in [4.78, 5) is 11.3. The normalized spacial score (nSPS) is 20.6. The number of sulfone groups is 1. The Morgan fingerprint density at radius 2 is 1.94 bits per heavy atom. The van der Waals surface area contributed by atoms with Crippen molar-refractivity contribution >= 4 is 15.8 Å². The summed E-state index contributed by atoms with van der Waals surface area (Å²) in [6.45, 7) is 2.89. The SMILES string of the molecule is CCS(=O)(=O)CCC1(C(=O)O)CCNCC1. The van der Waals surface area contributed by atoms with Crippen molar-refractivity contribution in [3.8, 4) is 0 Å². The van der Waals surface area contributed by atoms with E-state index in [1.54, 1.807) is 6.92 Å². The van der Waals surface area contributed by atoms with Crippen molar-refractivity contribution in [1.82, 2.24) is 5.32 Å². The first-order valence-electron chi connectivity index (χ1n) is 5.56. The summed E-state index contributed by atoms with van der Waals surface area (Å²) in [7, 11) is -3.07. The number of aliphatic carboxylic acids is 1. The Hall–Kier alpha value is -0.620. The van der Waals surface area contributed by atoms with Crippen LogP contribution in [0.4, 0.5) is 0 Å². The number of nitrogens with one attached hydrogen (secondary N) is 1. The molecule has 2 N–H and O–H groups in total. The van der Waals surface area contributed by atoms with Gasteiger partial charge in [0.2, 0.25) is 0 Å². The molecular formula is C10H19NO4S. The molecule has 0 unspecified atom stereocenters. The molecule has 0 aromatic rings. The maximum absolute atomic E-state index is 11.4. The van der Waals surface area contributed by atoms with Crippen LogP contribution in [0.5, 0.6) is 0 Å². The van der Waals surface area contributed by atoms with Crippen molar-refractivity contribution in [2.45, 2.75) is 26.2 Å². The van der Waals surface area contributed by atoms with E-state index in [0.29, 0.717) is 25.9 Å². The lowest BCUT2D eigenvalue weighted by molar-refractivity contribution is -0.150. The highest BCUT2D eigenvalue weighted by Crippen LogP contribution is 2.33. The molecule has 5 nitrogen and oxygen atoms in total. The van der Waals surface area contributed by atoms with Gasteiger partial charge in [-0.05, 0) is 32.4 Å². The summed E-state index contributed by atoms with van der Waals surface area (Å²) in [5.41, 5.74) is -0.840. The monoisotopic (exact) mass is 249 g/mol. The zero-order valence-corrected chi connectivity index (χ0v) is 10.3. The van der Waals surface area contributed by atoms with E-state index < -0.39 is 21.2 Å². The van der Waals surface area contributed by atoms with Crippen LogP contribution in [-0.2, 0) is 14.6 Å². The Morgan fingerprint density at radius 1 is 1.38 bits per heavy atom. The van der Waals surface area contributed by atoms with Gasteiger partial charge in [-0.1, -0.05) is 6.92 Å². The smallest absolute Gasteiger partial charge is 0.309 e. The molecule has 1 rings (SSSR count). The first kappa shape index (κ1) is 13.4. The molecule has 94 valence electrons. The first-order chi connectivity index (χ1) is 7.42. The Labute approximate surface area is 96.1 Å². The van der Waals surface area contributed by atoms with E-state index in [-0.39, 0.29) is 17.9 Å². The van der Waals surface area contributed by atoms with Crippen molar-refractivity contribution < 1.29 is 18.3 Å². The van der Waals surface area contributed by atoms with Gasteiger partial charge in [0.05, 0.1) is 11.2 Å². The predicted molar refractivity (Wildman–Crippen MR) is 61.1 cm³/mol. The van der Waals surface area contributed by atoms with Crippen LogP contribution < -0.4 is 5.32 Å². The first-order valence-corrected chi connectivity index (χ1v) is 7.38. The molecule has 0 spiro atoms. The number of carboxylic acids is 1. The van der Waals surface area contributed by atoms with E-state index >= 15 is 0 Å². The molecule has 0 atom stereocenters. The average Bonchev–Trinajstić information content (AvgIpc) is 2.28. The highest BCUT2D eigenvalue weighted by molar-refractivity contribution is 7.91. The molecule has 0 radical (unpaired) electrons. The van der Waals surface area contributed by atoms with Crippen LogP contribution >= 0.6 is 0 Å². The quantitative estimate of drug-likeness (QED) is 0.730. The van der Waals surface area contributed by atoms with Gasteiger partial charge in [0.1, 0.15) is 9.84 Å². The van der Waals surface area contributed by atoms with Gasteiger partial charge >= 0.3 is 5.97 Å². The molecule has 0 aromatic heterocycles. The largest absolute Gasteiger partial charge is 0.481 e. The fraction of sp³-hybridized carbons (Fsp3) is 0.900. The molecule has 1 aliphatic rings. The van der Waals surface area contributed by atoms with Crippen LogP contribution in [-0.4, -0.2) is 44.1 Å². The summed E-state index contributed by atoms with van der Waals surface area (Å²) < 4.78 is 22.8. The van der Waals surface area contributed by atoms with E-state index in [9.17, 15) is 18.3 Å². The van der Waals surface area contributed by atoms with Gasteiger partial charge in [-0.15, -0.1) is 0 Å². The third-order valence-corrected chi connectivity index (χ3v) is 5.05. The predicted octanol–water partition coefficient (Wildman–Crippen LogP) is 0.266. The minimum absolute atomic E-state index is 0.0181. The van der Waals surface area contributed by atoms with Gasteiger partial charge < -0.3 is 10.4 Å². The number of carbonyl (C=O) groups is 1. The minimum Gasteiger partial charge on any atom is -0.481 e. The van der Waals surface area contributed by atoms with Crippen molar-refractivity contribution in [3.63, 3.8) is 0 Å². The topological polar surface area (TPSA) is 83.5 Å². The van der Waals surface area contributed by atoms with Crippen molar-refractivity contribution in [1.29, 1.82) is 0 Å². The van der Waals surface area contributed by atoms with Crippen LogP contribution in [0.15, 0.2) is 0 Å². The molecule has 1 aliphatic heterocycles. The van der Waals surface area contributed by atoms with Crippen molar-refractivity contribution in [3.05, 3.63) is 0 Å². The van der Waals surface area contributed by atoms with Crippen molar-refractivity contribution in [2.75, 3.05) is 24.6 Å². The van der Waals surface area contributed by atoms with Crippen LogP contribution in [0, 0.1) is 5.41 Å². The van der Waals surface area contributed by atoms with Crippen LogP contribution in [0.2, 0.25) is 0 Å². The van der Waals surface area contributed by atoms with Crippen LogP contribution in [0.3, 0.4) is 0 Å². The fourth-order valence-corrected chi connectivity index (χ4v) is 2.96. The van der Waals surface area contributed by atoms with E-state index in [0.717, 1.165) is 0 Å². The van der Waals surface area contributed by atoms with Crippen LogP contribution in [0.25, 0.3) is 0 Å². The third kappa shape index (κ3) is 3.18. The molecule has 16 heavy (non-hydrogen) atoms. The summed E-state index contributed by atoms with van der Waals surface area (Å²) in [5, 5.41) is 12.3. The Balaban J connectivity index is 2.69. The maximum atomic E-state index is 11.4. The van der Waals surface area contributed by atoms with Gasteiger partial charge in [0.15, 0.2) is 0 Å². The number of hydrogen-bond donors (Lipinski definition) is 2. The second-order valence-electron chi connectivity index (χ2n) is 4.32. The van der Waals surface area contributed by atoms with Crippen molar-refractivity contribution in [2.24, 2.45) is 5.41 Å². The molecule has 0 aromatic carbocycles. The Bertz CT molecular complexity index is 344. The lowest BCUT2D eigenvalue weighted by atomic mass is 9.77. The van der Waals surface area contributed by atoms with Gasteiger partial charge in [0, 0.05) is 5.75 Å². The molecule has 1 fully saturated rings. The third-order valence-electron chi connectivity index (χ3n) is 3.35. The fourth-order valence-electron chi connectivity index (χ4n) is 1.97. The highest BCUT2D eigenvalue weighted by atomic mass is 32.2. The van der Waals surface area contributed by atoms with Crippen LogP contribution in [0.1, 0.15) is 26.2 Å². The molecule has 6 heteroatoms. The van der Waals surface area contributed by atoms with E-state index in [1.807, 2.05) is 0 Å².